The number of carbonyl (C=O) groups excluding carboxylic acids is 3. The number of aliphatic carboxylic acids is 2. The summed E-state index contributed by atoms with van der Waals surface area (Å²) in [5.41, 5.74) is 5.56. The number of thiol groups is 1. The Morgan fingerprint density at radius 3 is 1.73 bits per heavy atom. The molecule has 8 N–H and O–H groups in total. The van der Waals surface area contributed by atoms with E-state index < -0.39 is 66.4 Å². The van der Waals surface area contributed by atoms with Crippen molar-refractivity contribution in [2.45, 2.75) is 63.9 Å². The molecule has 0 aliphatic carbocycles. The average molecular weight is 451 g/mol. The fourth-order valence-corrected chi connectivity index (χ4v) is 2.56. The molecule has 5 unspecified atom stereocenters. The SMILES string of the molecule is CC(C)CC(NC(=O)C(N)C(C)O)C(=O)NC(CS)C(=O)NC(CC(=O)O)C(=O)O. The van der Waals surface area contributed by atoms with Gasteiger partial charge in [-0.3, -0.25) is 19.2 Å². The van der Waals surface area contributed by atoms with Crippen molar-refractivity contribution in [2.24, 2.45) is 11.7 Å². The lowest BCUT2D eigenvalue weighted by Crippen LogP contribution is -2.58. The van der Waals surface area contributed by atoms with Crippen molar-refractivity contribution in [1.29, 1.82) is 0 Å². The van der Waals surface area contributed by atoms with Crippen molar-refractivity contribution in [2.75, 3.05) is 5.75 Å². The van der Waals surface area contributed by atoms with Gasteiger partial charge in [-0.05, 0) is 19.3 Å². The quantitative estimate of drug-likeness (QED) is 0.141. The smallest absolute Gasteiger partial charge is 0.326 e. The van der Waals surface area contributed by atoms with E-state index in [1.54, 1.807) is 13.8 Å². The van der Waals surface area contributed by atoms with Crippen LogP contribution in [0.25, 0.3) is 0 Å². The van der Waals surface area contributed by atoms with Gasteiger partial charge < -0.3 is 37.0 Å². The Morgan fingerprint density at radius 1 is 0.867 bits per heavy atom. The molecule has 0 aromatic rings. The van der Waals surface area contributed by atoms with E-state index >= 15 is 0 Å². The molecule has 30 heavy (non-hydrogen) atoms. The van der Waals surface area contributed by atoms with Crippen LogP contribution in [0.2, 0.25) is 0 Å². The van der Waals surface area contributed by atoms with Crippen LogP contribution in [-0.2, 0) is 24.0 Å². The molecule has 13 heteroatoms. The van der Waals surface area contributed by atoms with Crippen LogP contribution in [0.5, 0.6) is 0 Å². The second-order valence-electron chi connectivity index (χ2n) is 7.20. The molecular weight excluding hydrogens is 420 g/mol. The maximum Gasteiger partial charge on any atom is 0.326 e. The standard InChI is InChI=1S/C17H30N4O8S/c1-7(2)4-9(19-16(27)13(18)8(3)22)14(25)21-11(6-30)15(26)20-10(17(28)29)5-12(23)24/h7-11,13,22,30H,4-6,18H2,1-3H3,(H,19,27)(H,20,26)(H,21,25)(H,23,24)(H,28,29). The molecule has 0 spiro atoms. The number of carboxylic acids is 2. The lowest BCUT2D eigenvalue weighted by molar-refractivity contribution is -0.147. The summed E-state index contributed by atoms with van der Waals surface area (Å²) in [5, 5.41) is 34.0. The van der Waals surface area contributed by atoms with Crippen LogP contribution in [0.15, 0.2) is 0 Å². The number of nitrogens with one attached hydrogen (secondary N) is 3. The third-order valence-electron chi connectivity index (χ3n) is 3.97. The van der Waals surface area contributed by atoms with Gasteiger partial charge in [0.15, 0.2) is 0 Å². The highest BCUT2D eigenvalue weighted by Gasteiger charge is 2.31. The lowest BCUT2D eigenvalue weighted by atomic mass is 10.0. The highest BCUT2D eigenvalue weighted by molar-refractivity contribution is 7.80. The Bertz CT molecular complexity index is 643. The molecule has 0 aliphatic heterocycles. The number of nitrogens with two attached hydrogens (primary N) is 1. The van der Waals surface area contributed by atoms with E-state index in [2.05, 4.69) is 23.3 Å². The molecule has 0 rings (SSSR count). The summed E-state index contributed by atoms with van der Waals surface area (Å²) in [7, 11) is 0. The zero-order valence-electron chi connectivity index (χ0n) is 17.0. The Kier molecular flexibility index (Phi) is 12.0. The second kappa shape index (κ2) is 13.0. The zero-order chi connectivity index (χ0) is 23.6. The molecule has 0 aliphatic rings. The van der Waals surface area contributed by atoms with Crippen LogP contribution in [0, 0.1) is 5.92 Å². The van der Waals surface area contributed by atoms with Gasteiger partial charge in [0.1, 0.15) is 24.2 Å². The van der Waals surface area contributed by atoms with Crippen LogP contribution in [0.3, 0.4) is 0 Å². The van der Waals surface area contributed by atoms with E-state index in [1.807, 2.05) is 5.32 Å². The minimum absolute atomic E-state index is 0.0286. The third-order valence-corrected chi connectivity index (χ3v) is 4.34. The number of hydrogen-bond acceptors (Lipinski definition) is 8. The number of carbonyl (C=O) groups is 5. The van der Waals surface area contributed by atoms with Crippen molar-refractivity contribution in [1.82, 2.24) is 16.0 Å². The van der Waals surface area contributed by atoms with Gasteiger partial charge in [-0.25, -0.2) is 4.79 Å². The van der Waals surface area contributed by atoms with E-state index in [0.29, 0.717) is 0 Å². The summed E-state index contributed by atoms with van der Waals surface area (Å²) in [6.07, 6.45) is -1.80. The monoisotopic (exact) mass is 450 g/mol. The van der Waals surface area contributed by atoms with E-state index in [9.17, 15) is 29.1 Å². The minimum atomic E-state index is -1.69. The van der Waals surface area contributed by atoms with Gasteiger partial charge in [-0.15, -0.1) is 0 Å². The number of amides is 3. The Labute approximate surface area is 179 Å². The average Bonchev–Trinajstić information content (AvgIpc) is 2.62. The molecule has 0 saturated carbocycles. The molecule has 172 valence electrons. The summed E-state index contributed by atoms with van der Waals surface area (Å²) in [4.78, 5) is 58.9. The lowest BCUT2D eigenvalue weighted by Gasteiger charge is -2.25. The van der Waals surface area contributed by atoms with Crippen LogP contribution in [0.4, 0.5) is 0 Å². The number of rotatable bonds is 13. The first kappa shape index (κ1) is 27.6. The largest absolute Gasteiger partial charge is 0.481 e. The predicted molar refractivity (Wildman–Crippen MR) is 109 cm³/mol. The zero-order valence-corrected chi connectivity index (χ0v) is 17.9. The first-order chi connectivity index (χ1) is 13.8. The topological polar surface area (TPSA) is 208 Å². The van der Waals surface area contributed by atoms with Crippen LogP contribution in [-0.4, -0.2) is 81.0 Å². The van der Waals surface area contributed by atoms with Crippen molar-refractivity contribution in [3.63, 3.8) is 0 Å². The van der Waals surface area contributed by atoms with Gasteiger partial charge in [0.25, 0.3) is 0 Å². The third kappa shape index (κ3) is 9.89. The van der Waals surface area contributed by atoms with Crippen molar-refractivity contribution >= 4 is 42.3 Å². The first-order valence-corrected chi connectivity index (χ1v) is 9.83. The van der Waals surface area contributed by atoms with Crippen molar-refractivity contribution in [3.05, 3.63) is 0 Å². The van der Waals surface area contributed by atoms with Gasteiger partial charge in [-0.2, -0.15) is 12.6 Å². The van der Waals surface area contributed by atoms with E-state index in [0.717, 1.165) is 0 Å². The highest BCUT2D eigenvalue weighted by atomic mass is 32.1. The number of aliphatic hydroxyl groups is 1. The van der Waals surface area contributed by atoms with Crippen LogP contribution >= 0.6 is 12.6 Å². The number of hydrogen-bond donors (Lipinski definition) is 8. The summed E-state index contributed by atoms with van der Waals surface area (Å²) in [6, 6.07) is -5.31. The molecule has 3 amide bonds. The molecule has 0 aromatic carbocycles. The van der Waals surface area contributed by atoms with Crippen LogP contribution in [0.1, 0.15) is 33.6 Å². The molecule has 0 aromatic heterocycles. The summed E-state index contributed by atoms with van der Waals surface area (Å²) >= 11 is 3.96. The van der Waals surface area contributed by atoms with Crippen LogP contribution < -0.4 is 21.7 Å². The van der Waals surface area contributed by atoms with E-state index in [4.69, 9.17) is 15.9 Å². The molecule has 0 bridgehead atoms. The maximum atomic E-state index is 12.6. The van der Waals surface area contributed by atoms with Gasteiger partial charge >= 0.3 is 11.9 Å². The first-order valence-electron chi connectivity index (χ1n) is 9.20. The predicted octanol–water partition coefficient (Wildman–Crippen LogP) is -2.32. The minimum Gasteiger partial charge on any atom is -0.481 e. The summed E-state index contributed by atoms with van der Waals surface area (Å²) in [6.45, 7) is 4.92. The fourth-order valence-electron chi connectivity index (χ4n) is 2.30. The summed E-state index contributed by atoms with van der Waals surface area (Å²) < 4.78 is 0. The van der Waals surface area contributed by atoms with E-state index in [-0.39, 0.29) is 18.1 Å². The molecule has 0 fully saturated rings. The molecule has 12 nitrogen and oxygen atoms in total. The fraction of sp³-hybridized carbons (Fsp3) is 0.706. The second-order valence-corrected chi connectivity index (χ2v) is 7.56. The van der Waals surface area contributed by atoms with Crippen molar-refractivity contribution in [3.8, 4) is 0 Å². The number of carboxylic acid groups (broad SMARTS) is 2. The van der Waals surface area contributed by atoms with Gasteiger partial charge in [-0.1, -0.05) is 13.8 Å². The van der Waals surface area contributed by atoms with Gasteiger partial charge in [0, 0.05) is 5.75 Å². The highest BCUT2D eigenvalue weighted by Crippen LogP contribution is 2.07. The normalized spacial score (nSPS) is 16.0. The molecule has 0 heterocycles. The van der Waals surface area contributed by atoms with E-state index in [1.165, 1.54) is 6.92 Å². The Balaban J connectivity index is 5.26. The molecule has 0 saturated heterocycles. The van der Waals surface area contributed by atoms with Gasteiger partial charge in [0.05, 0.1) is 12.5 Å². The molecule has 0 radical (unpaired) electrons. The Hall–Kier alpha value is -2.38. The number of aliphatic hydroxyl groups excluding tert-OH is 1. The molecular formula is C17H30N4O8S. The van der Waals surface area contributed by atoms with Gasteiger partial charge in [0.2, 0.25) is 17.7 Å². The molecule has 5 atom stereocenters. The van der Waals surface area contributed by atoms with Crippen molar-refractivity contribution < 1.29 is 39.3 Å². The summed E-state index contributed by atoms with van der Waals surface area (Å²) in [5.74, 6) is -5.66. The maximum absolute atomic E-state index is 12.6. The Morgan fingerprint density at radius 2 is 1.33 bits per heavy atom.